The number of carbonyl (C=O) groups is 4. The lowest BCUT2D eigenvalue weighted by Gasteiger charge is -2.21. The number of rotatable bonds is 76. The van der Waals surface area contributed by atoms with Crippen molar-refractivity contribution in [3.8, 4) is 0 Å². The fraction of sp³-hybridized carbons (Fsp3) is 0.947. The second-order valence-corrected chi connectivity index (χ2v) is 29.9. The number of phosphoric acid groups is 2. The summed E-state index contributed by atoms with van der Waals surface area (Å²) in [5.41, 5.74) is 0. The van der Waals surface area contributed by atoms with E-state index < -0.39 is 97.5 Å². The minimum Gasteiger partial charge on any atom is -0.462 e. The van der Waals surface area contributed by atoms with Crippen molar-refractivity contribution in [3.05, 3.63) is 0 Å². The zero-order chi connectivity index (χ0) is 69.0. The molecule has 0 fully saturated rings. The van der Waals surface area contributed by atoms with Gasteiger partial charge in [0.05, 0.1) is 26.4 Å². The first-order chi connectivity index (χ1) is 45.7. The fourth-order valence-corrected chi connectivity index (χ4v) is 13.2. The van der Waals surface area contributed by atoms with Crippen molar-refractivity contribution in [2.24, 2.45) is 0 Å². The first kappa shape index (κ1) is 92.1. The fourth-order valence-electron chi connectivity index (χ4n) is 11.6. The van der Waals surface area contributed by atoms with Crippen LogP contribution < -0.4 is 0 Å². The van der Waals surface area contributed by atoms with Gasteiger partial charge in [-0.2, -0.15) is 0 Å². The first-order valence-corrected chi connectivity index (χ1v) is 42.3. The van der Waals surface area contributed by atoms with Crippen LogP contribution in [-0.2, 0) is 65.4 Å². The van der Waals surface area contributed by atoms with E-state index in [4.69, 9.17) is 37.0 Å². The Hall–Kier alpha value is -1.94. The van der Waals surface area contributed by atoms with E-state index in [9.17, 15) is 43.2 Å². The summed E-state index contributed by atoms with van der Waals surface area (Å²) in [5, 5.41) is 10.6. The van der Waals surface area contributed by atoms with Crippen LogP contribution in [0.3, 0.4) is 0 Å². The van der Waals surface area contributed by atoms with E-state index in [1.165, 1.54) is 231 Å². The molecule has 0 spiro atoms. The summed E-state index contributed by atoms with van der Waals surface area (Å²) < 4.78 is 68.5. The molecule has 0 amide bonds. The summed E-state index contributed by atoms with van der Waals surface area (Å²) in [5.74, 6) is -2.11. The zero-order valence-electron chi connectivity index (χ0n) is 60.9. The molecule has 0 aromatic heterocycles. The number of hydrogen-bond donors (Lipinski definition) is 3. The minimum atomic E-state index is -4.95. The topological polar surface area (TPSA) is 237 Å². The van der Waals surface area contributed by atoms with E-state index in [-0.39, 0.29) is 25.7 Å². The lowest BCUT2D eigenvalue weighted by Crippen LogP contribution is -2.30. The maximum Gasteiger partial charge on any atom is 0.472 e. The van der Waals surface area contributed by atoms with E-state index in [1.54, 1.807) is 0 Å². The minimum absolute atomic E-state index is 0.108. The number of carbonyl (C=O) groups excluding carboxylic acids is 4. The van der Waals surface area contributed by atoms with Crippen molar-refractivity contribution in [1.29, 1.82) is 0 Å². The number of esters is 4. The molecule has 5 atom stereocenters. The molecule has 2 unspecified atom stereocenters. The summed E-state index contributed by atoms with van der Waals surface area (Å²) in [7, 11) is -9.90. The van der Waals surface area contributed by atoms with Crippen LogP contribution in [0.25, 0.3) is 0 Å². The van der Waals surface area contributed by atoms with Gasteiger partial charge in [-0.15, -0.1) is 0 Å². The summed E-state index contributed by atoms with van der Waals surface area (Å²) in [6.07, 6.45) is 59.6. The quantitative estimate of drug-likeness (QED) is 0.0222. The van der Waals surface area contributed by atoms with Gasteiger partial charge < -0.3 is 33.8 Å². The van der Waals surface area contributed by atoms with Crippen LogP contribution in [0.2, 0.25) is 0 Å². The highest BCUT2D eigenvalue weighted by atomic mass is 31.2. The molecule has 0 aliphatic rings. The first-order valence-electron chi connectivity index (χ1n) is 39.3. The molecule has 0 aromatic carbocycles. The van der Waals surface area contributed by atoms with Gasteiger partial charge >= 0.3 is 39.5 Å². The van der Waals surface area contributed by atoms with Crippen LogP contribution in [0.1, 0.15) is 400 Å². The Morgan fingerprint density at radius 2 is 0.426 bits per heavy atom. The Labute approximate surface area is 575 Å². The van der Waals surface area contributed by atoms with Crippen LogP contribution in [-0.4, -0.2) is 96.7 Å². The number of unbranched alkanes of at least 4 members (excludes halogenated alkanes) is 50. The normalized spacial score (nSPS) is 13.9. The predicted molar refractivity (Wildman–Crippen MR) is 382 cm³/mol. The summed E-state index contributed by atoms with van der Waals surface area (Å²) in [6.45, 7) is 4.97. The maximum atomic E-state index is 13.1. The van der Waals surface area contributed by atoms with Crippen LogP contribution in [0.15, 0.2) is 0 Å². The maximum absolute atomic E-state index is 13.1. The third-order valence-electron chi connectivity index (χ3n) is 17.6. The molecule has 0 heterocycles. The molecule has 17 nitrogen and oxygen atoms in total. The highest BCUT2D eigenvalue weighted by molar-refractivity contribution is 7.47. The highest BCUT2D eigenvalue weighted by Crippen LogP contribution is 2.45. The lowest BCUT2D eigenvalue weighted by molar-refractivity contribution is -0.161. The van der Waals surface area contributed by atoms with Crippen molar-refractivity contribution in [2.45, 2.75) is 418 Å². The third-order valence-corrected chi connectivity index (χ3v) is 19.5. The Kier molecular flexibility index (Phi) is 68.1. The van der Waals surface area contributed by atoms with Crippen molar-refractivity contribution < 1.29 is 80.2 Å². The van der Waals surface area contributed by atoms with Gasteiger partial charge in [0.25, 0.3) is 0 Å². The molecule has 3 N–H and O–H groups in total. The van der Waals surface area contributed by atoms with Gasteiger partial charge in [0.2, 0.25) is 0 Å². The summed E-state index contributed by atoms with van der Waals surface area (Å²) >= 11 is 0. The van der Waals surface area contributed by atoms with Crippen molar-refractivity contribution >= 4 is 39.5 Å². The van der Waals surface area contributed by atoms with Crippen LogP contribution in [0.4, 0.5) is 0 Å². The summed E-state index contributed by atoms with van der Waals surface area (Å²) in [4.78, 5) is 72.7. The molecule has 0 aliphatic heterocycles. The van der Waals surface area contributed by atoms with Gasteiger partial charge in [0.1, 0.15) is 19.3 Å². The number of phosphoric ester groups is 2. The molecular formula is C75H146O17P2. The molecule has 0 bridgehead atoms. The van der Waals surface area contributed by atoms with Crippen molar-refractivity contribution in [3.63, 3.8) is 0 Å². The smallest absolute Gasteiger partial charge is 0.462 e. The van der Waals surface area contributed by atoms with Gasteiger partial charge in [0, 0.05) is 25.7 Å². The Balaban J connectivity index is 5.19. The molecule has 0 radical (unpaired) electrons. The number of ether oxygens (including phenoxy) is 4. The Morgan fingerprint density at radius 3 is 0.628 bits per heavy atom. The van der Waals surface area contributed by atoms with Gasteiger partial charge in [-0.25, -0.2) is 9.13 Å². The average molecular weight is 1380 g/mol. The van der Waals surface area contributed by atoms with Gasteiger partial charge in [-0.1, -0.05) is 349 Å². The summed E-state index contributed by atoms with van der Waals surface area (Å²) in [6, 6.07) is 0. The molecule has 558 valence electrons. The predicted octanol–water partition coefficient (Wildman–Crippen LogP) is 22.2. The second kappa shape index (κ2) is 69.5. The SMILES string of the molecule is CCCCCCCCCCCCCCCCCCCCCCC(=O)O[C@H](COC(=O)CCCCCCCCCCCCCC)COP(=O)(O)OC[C@@H](O)COP(=O)(O)OC[C@@H](COC(=O)CCCCCCCCCCCCC)OC(=O)CCCCCCCCCCCCC. The van der Waals surface area contributed by atoms with E-state index in [1.807, 2.05) is 0 Å². The Morgan fingerprint density at radius 1 is 0.255 bits per heavy atom. The molecular weight excluding hydrogens is 1230 g/mol. The molecule has 0 saturated heterocycles. The molecule has 19 heteroatoms. The largest absolute Gasteiger partial charge is 0.472 e. The van der Waals surface area contributed by atoms with E-state index in [0.29, 0.717) is 25.7 Å². The van der Waals surface area contributed by atoms with Crippen LogP contribution >= 0.6 is 15.6 Å². The van der Waals surface area contributed by atoms with Crippen molar-refractivity contribution in [1.82, 2.24) is 0 Å². The number of aliphatic hydroxyl groups is 1. The van der Waals surface area contributed by atoms with Crippen molar-refractivity contribution in [2.75, 3.05) is 39.6 Å². The third kappa shape index (κ3) is 68.6. The molecule has 0 aliphatic carbocycles. The van der Waals surface area contributed by atoms with Gasteiger partial charge in [-0.05, 0) is 25.7 Å². The van der Waals surface area contributed by atoms with E-state index in [0.717, 1.165) is 89.9 Å². The molecule has 94 heavy (non-hydrogen) atoms. The zero-order valence-corrected chi connectivity index (χ0v) is 62.7. The highest BCUT2D eigenvalue weighted by Gasteiger charge is 2.30. The molecule has 0 aromatic rings. The number of hydrogen-bond acceptors (Lipinski definition) is 15. The van der Waals surface area contributed by atoms with Gasteiger partial charge in [0.15, 0.2) is 12.2 Å². The molecule has 0 rings (SSSR count). The molecule has 0 saturated carbocycles. The standard InChI is InChI=1S/C75H146O17P2/c1-5-9-13-17-21-25-29-31-32-33-34-35-36-37-38-42-46-50-54-58-62-75(80)92-71(66-86-73(78)60-56-52-48-44-41-30-26-22-18-14-10-6-2)68-90-94(83,84)88-64-69(76)63-87-93(81,82)89-67-70(91-74(79)61-57-53-49-45-40-28-24-20-16-12-8-4)65-85-72(77)59-55-51-47-43-39-27-23-19-15-11-7-3/h69-71,76H,5-68H2,1-4H3,(H,81,82)(H,83,84)/t69-,70+,71+/m0/s1. The second-order valence-electron chi connectivity index (χ2n) is 27.0. The number of aliphatic hydroxyl groups excluding tert-OH is 1. The Bertz CT molecular complexity index is 1790. The monoisotopic (exact) mass is 1380 g/mol. The van der Waals surface area contributed by atoms with Crippen LogP contribution in [0.5, 0.6) is 0 Å². The van der Waals surface area contributed by atoms with Gasteiger partial charge in [-0.3, -0.25) is 37.3 Å². The van der Waals surface area contributed by atoms with E-state index in [2.05, 4.69) is 27.7 Å². The average Bonchev–Trinajstić information content (AvgIpc) is 1.29. The van der Waals surface area contributed by atoms with E-state index >= 15 is 0 Å². The lowest BCUT2D eigenvalue weighted by atomic mass is 10.0. The van der Waals surface area contributed by atoms with Crippen LogP contribution in [0, 0.1) is 0 Å².